The Hall–Kier alpha value is -1.61. The van der Waals surface area contributed by atoms with E-state index in [-0.39, 0.29) is 5.78 Å². The van der Waals surface area contributed by atoms with Crippen LogP contribution in [0.2, 0.25) is 0 Å². The average Bonchev–Trinajstić information content (AvgIpc) is 2.36. The van der Waals surface area contributed by atoms with Gasteiger partial charge in [0.05, 0.1) is 5.33 Å². The highest BCUT2D eigenvalue weighted by molar-refractivity contribution is 9.09. The number of ketones is 1. The summed E-state index contributed by atoms with van der Waals surface area (Å²) < 4.78 is 5.95. The Morgan fingerprint density at radius 3 is 1.86 bits per heavy atom. The van der Waals surface area contributed by atoms with Crippen molar-refractivity contribution in [1.82, 2.24) is 0 Å². The summed E-state index contributed by atoms with van der Waals surface area (Å²) in [6, 6.07) is 9.96. The minimum absolute atomic E-state index is 0.1000. The monoisotopic (exact) mass is 346 g/mol. The van der Waals surface area contributed by atoms with Crippen molar-refractivity contribution in [3.8, 4) is 11.5 Å². The van der Waals surface area contributed by atoms with Crippen LogP contribution in [-0.4, -0.2) is 11.1 Å². The Morgan fingerprint density at radius 2 is 1.38 bits per heavy atom. The smallest absolute Gasteiger partial charge is 0.173 e. The number of ether oxygens (including phenoxy) is 1. The average molecular weight is 347 g/mol. The van der Waals surface area contributed by atoms with Gasteiger partial charge in [0.25, 0.3) is 0 Å². The van der Waals surface area contributed by atoms with E-state index in [1.807, 2.05) is 52.0 Å². The fraction of sp³-hybridized carbons (Fsp3) is 0.278. The van der Waals surface area contributed by atoms with Crippen LogP contribution in [0.15, 0.2) is 30.3 Å². The molecule has 110 valence electrons. The first-order valence-electron chi connectivity index (χ1n) is 6.87. The highest BCUT2D eigenvalue weighted by Gasteiger charge is 2.13. The lowest BCUT2D eigenvalue weighted by Crippen LogP contribution is -2.06. The van der Waals surface area contributed by atoms with E-state index in [1.165, 1.54) is 11.1 Å². The molecule has 0 saturated heterocycles. The summed E-state index contributed by atoms with van der Waals surface area (Å²) in [6.45, 7) is 7.98. The highest BCUT2D eigenvalue weighted by atomic mass is 79.9. The van der Waals surface area contributed by atoms with Crippen molar-refractivity contribution in [1.29, 1.82) is 0 Å². The number of hydrogen-bond acceptors (Lipinski definition) is 2. The molecule has 0 aromatic heterocycles. The summed E-state index contributed by atoms with van der Waals surface area (Å²) >= 11 is 3.23. The van der Waals surface area contributed by atoms with Gasteiger partial charge in [-0.3, -0.25) is 4.79 Å². The van der Waals surface area contributed by atoms with Crippen molar-refractivity contribution in [3.63, 3.8) is 0 Å². The van der Waals surface area contributed by atoms with Gasteiger partial charge in [-0.2, -0.15) is 0 Å². The zero-order valence-electron chi connectivity index (χ0n) is 12.8. The third-order valence-electron chi connectivity index (χ3n) is 3.34. The van der Waals surface area contributed by atoms with E-state index in [9.17, 15) is 4.79 Å². The summed E-state index contributed by atoms with van der Waals surface area (Å²) in [5.41, 5.74) is 5.01. The van der Waals surface area contributed by atoms with E-state index in [4.69, 9.17) is 4.74 Å². The Bertz CT molecular complexity index is 646. The Labute approximate surface area is 134 Å². The number of benzene rings is 2. The van der Waals surface area contributed by atoms with Gasteiger partial charge in [0.2, 0.25) is 0 Å². The minimum atomic E-state index is 0.1000. The lowest BCUT2D eigenvalue weighted by atomic mass is 9.99. The number of aryl methyl sites for hydroxylation is 4. The molecule has 0 aliphatic heterocycles. The van der Waals surface area contributed by atoms with E-state index in [2.05, 4.69) is 22.0 Å². The molecule has 0 heterocycles. The first kappa shape index (κ1) is 15.8. The zero-order chi connectivity index (χ0) is 15.6. The van der Waals surface area contributed by atoms with Gasteiger partial charge in [-0.15, -0.1) is 0 Å². The Kier molecular flexibility index (Phi) is 4.84. The second-order valence-electron chi connectivity index (χ2n) is 5.41. The molecule has 0 fully saturated rings. The van der Waals surface area contributed by atoms with Gasteiger partial charge in [0.1, 0.15) is 11.5 Å². The Balaban J connectivity index is 2.36. The lowest BCUT2D eigenvalue weighted by Gasteiger charge is -2.13. The van der Waals surface area contributed by atoms with E-state index in [0.717, 1.165) is 28.2 Å². The van der Waals surface area contributed by atoms with Crippen molar-refractivity contribution in [2.75, 3.05) is 5.33 Å². The van der Waals surface area contributed by atoms with Crippen LogP contribution in [0, 0.1) is 27.7 Å². The van der Waals surface area contributed by atoms with E-state index >= 15 is 0 Å². The molecule has 2 aromatic rings. The van der Waals surface area contributed by atoms with Gasteiger partial charge >= 0.3 is 0 Å². The van der Waals surface area contributed by atoms with Crippen LogP contribution in [0.25, 0.3) is 0 Å². The third kappa shape index (κ3) is 3.73. The molecule has 0 N–H and O–H groups in total. The number of rotatable bonds is 4. The molecule has 0 amide bonds. The maximum absolute atomic E-state index is 11.9. The summed E-state index contributed by atoms with van der Waals surface area (Å²) in [5, 5.41) is 0.339. The summed E-state index contributed by atoms with van der Waals surface area (Å²) in [7, 11) is 0. The number of hydrogen-bond donors (Lipinski definition) is 0. The van der Waals surface area contributed by atoms with Crippen LogP contribution in [0.1, 0.15) is 32.6 Å². The van der Waals surface area contributed by atoms with Gasteiger partial charge in [0.15, 0.2) is 5.78 Å². The maximum atomic E-state index is 11.9. The fourth-order valence-electron chi connectivity index (χ4n) is 2.62. The number of carbonyl (C=O) groups excluding carboxylic acids is 1. The largest absolute Gasteiger partial charge is 0.457 e. The second kappa shape index (κ2) is 6.44. The third-order valence-corrected chi connectivity index (χ3v) is 3.85. The summed E-state index contributed by atoms with van der Waals surface area (Å²) in [5.74, 6) is 1.69. The normalized spacial score (nSPS) is 10.5. The maximum Gasteiger partial charge on any atom is 0.173 e. The van der Waals surface area contributed by atoms with Crippen molar-refractivity contribution in [3.05, 3.63) is 58.1 Å². The topological polar surface area (TPSA) is 26.3 Å². The first-order valence-corrected chi connectivity index (χ1v) is 7.99. The quantitative estimate of drug-likeness (QED) is 0.555. The van der Waals surface area contributed by atoms with E-state index in [1.54, 1.807) is 0 Å². The van der Waals surface area contributed by atoms with Crippen LogP contribution in [0.3, 0.4) is 0 Å². The first-order chi connectivity index (χ1) is 9.90. The Morgan fingerprint density at radius 1 is 0.905 bits per heavy atom. The number of carbonyl (C=O) groups is 1. The molecule has 0 spiro atoms. The molecule has 2 rings (SSSR count). The molecule has 0 radical (unpaired) electrons. The molecular weight excluding hydrogens is 328 g/mol. The van der Waals surface area contributed by atoms with Crippen molar-refractivity contribution >= 4 is 21.7 Å². The molecule has 21 heavy (non-hydrogen) atoms. The van der Waals surface area contributed by atoms with Crippen LogP contribution in [0.4, 0.5) is 0 Å². The number of halogens is 1. The van der Waals surface area contributed by atoms with Crippen LogP contribution < -0.4 is 4.74 Å². The molecule has 2 nitrogen and oxygen atoms in total. The number of alkyl halides is 1. The summed E-state index contributed by atoms with van der Waals surface area (Å²) in [4.78, 5) is 11.9. The molecular formula is C18H19BrO2. The van der Waals surface area contributed by atoms with Gasteiger partial charge in [-0.05, 0) is 74.2 Å². The van der Waals surface area contributed by atoms with Gasteiger partial charge < -0.3 is 4.74 Å². The molecule has 0 saturated carbocycles. The highest BCUT2D eigenvalue weighted by Crippen LogP contribution is 2.28. The van der Waals surface area contributed by atoms with Crippen molar-refractivity contribution in [2.45, 2.75) is 27.7 Å². The molecule has 0 aliphatic rings. The standard InChI is InChI=1S/C18H19BrO2/c1-11-5-12(2)7-15(6-11)21-16-8-13(3)18(14(4)9-16)17(20)10-19/h5-9H,10H2,1-4H3. The van der Waals surface area contributed by atoms with Crippen LogP contribution in [0.5, 0.6) is 11.5 Å². The molecule has 0 aliphatic carbocycles. The molecule has 3 heteroatoms. The predicted octanol–water partition coefficient (Wildman–Crippen LogP) is 5.29. The zero-order valence-corrected chi connectivity index (χ0v) is 14.4. The molecule has 0 bridgehead atoms. The van der Waals surface area contributed by atoms with Gasteiger partial charge in [-0.25, -0.2) is 0 Å². The molecule has 0 atom stereocenters. The summed E-state index contributed by atoms with van der Waals surface area (Å²) in [6.07, 6.45) is 0. The van der Waals surface area contributed by atoms with Crippen LogP contribution in [-0.2, 0) is 0 Å². The predicted molar refractivity (Wildman–Crippen MR) is 90.0 cm³/mol. The van der Waals surface area contributed by atoms with Gasteiger partial charge in [-0.1, -0.05) is 22.0 Å². The molecule has 2 aromatic carbocycles. The van der Waals surface area contributed by atoms with E-state index < -0.39 is 0 Å². The van der Waals surface area contributed by atoms with Crippen LogP contribution >= 0.6 is 15.9 Å². The molecule has 0 unspecified atom stereocenters. The number of Topliss-reactive ketones (excluding diaryl/α,β-unsaturated/α-hetero) is 1. The lowest BCUT2D eigenvalue weighted by molar-refractivity contribution is 0.102. The van der Waals surface area contributed by atoms with Gasteiger partial charge in [0, 0.05) is 5.56 Å². The van der Waals surface area contributed by atoms with Crippen molar-refractivity contribution in [2.24, 2.45) is 0 Å². The van der Waals surface area contributed by atoms with E-state index in [0.29, 0.717) is 5.33 Å². The SMILES string of the molecule is Cc1cc(C)cc(Oc2cc(C)c(C(=O)CBr)c(C)c2)c1. The van der Waals surface area contributed by atoms with Crippen molar-refractivity contribution < 1.29 is 9.53 Å². The second-order valence-corrected chi connectivity index (χ2v) is 5.98. The minimum Gasteiger partial charge on any atom is -0.457 e. The fourth-order valence-corrected chi connectivity index (χ4v) is 2.90.